The Kier molecular flexibility index (Phi) is 7.09. The molecule has 0 radical (unpaired) electrons. The van der Waals surface area contributed by atoms with E-state index in [2.05, 4.69) is 10.2 Å². The number of thioether (sulfide) groups is 1. The number of carbonyl (C=O) groups excluding carboxylic acids is 1. The van der Waals surface area contributed by atoms with E-state index in [4.69, 9.17) is 0 Å². The number of hydrogen-bond donors (Lipinski definition) is 0. The number of benzene rings is 3. The van der Waals surface area contributed by atoms with E-state index in [0.29, 0.717) is 22.2 Å². The van der Waals surface area contributed by atoms with Crippen LogP contribution in [0.5, 0.6) is 0 Å². The summed E-state index contributed by atoms with van der Waals surface area (Å²) in [5, 5.41) is 8.94. The van der Waals surface area contributed by atoms with Crippen molar-refractivity contribution in [3.8, 4) is 5.69 Å². The highest BCUT2D eigenvalue weighted by Crippen LogP contribution is 2.26. The standard InChI is InChI=1S/C24H21FN4O3S2/c1-34(31,32)28(20-14-12-19(25)13-15-20)16-23-26-27-24(29(23)21-10-6-3-7-11-21)33-17-22(30)18-8-4-2-5-9-18/h2-15H,16-17H2,1H3. The van der Waals surface area contributed by atoms with Crippen LogP contribution in [-0.2, 0) is 16.6 Å². The molecule has 1 heterocycles. The van der Waals surface area contributed by atoms with E-state index in [9.17, 15) is 17.6 Å². The molecule has 4 aromatic rings. The SMILES string of the molecule is CS(=O)(=O)N(Cc1nnc(SCC(=O)c2ccccc2)n1-c1ccccc1)c1ccc(F)cc1. The van der Waals surface area contributed by atoms with Gasteiger partial charge < -0.3 is 0 Å². The number of ketones is 1. The van der Waals surface area contributed by atoms with Crippen molar-refractivity contribution in [1.29, 1.82) is 0 Å². The lowest BCUT2D eigenvalue weighted by Crippen LogP contribution is -2.30. The molecule has 0 bridgehead atoms. The summed E-state index contributed by atoms with van der Waals surface area (Å²) in [6, 6.07) is 23.4. The molecule has 4 rings (SSSR count). The first kappa shape index (κ1) is 23.7. The largest absolute Gasteiger partial charge is 0.293 e. The summed E-state index contributed by atoms with van der Waals surface area (Å²) in [6.45, 7) is -0.125. The summed E-state index contributed by atoms with van der Waals surface area (Å²) < 4.78 is 41.4. The lowest BCUT2D eigenvalue weighted by molar-refractivity contribution is 0.102. The highest BCUT2D eigenvalue weighted by molar-refractivity contribution is 7.99. The maximum Gasteiger partial charge on any atom is 0.232 e. The predicted molar refractivity (Wildman–Crippen MR) is 130 cm³/mol. The average Bonchev–Trinajstić information content (AvgIpc) is 3.24. The molecule has 0 N–H and O–H groups in total. The van der Waals surface area contributed by atoms with Crippen molar-refractivity contribution in [1.82, 2.24) is 14.8 Å². The average molecular weight is 497 g/mol. The minimum absolute atomic E-state index is 0.0566. The number of carbonyl (C=O) groups is 1. The number of nitrogens with zero attached hydrogens (tertiary/aromatic N) is 4. The van der Waals surface area contributed by atoms with Crippen LogP contribution < -0.4 is 4.31 Å². The summed E-state index contributed by atoms with van der Waals surface area (Å²) in [4.78, 5) is 12.6. The molecule has 0 aliphatic heterocycles. The van der Waals surface area contributed by atoms with Crippen LogP contribution in [0.4, 0.5) is 10.1 Å². The van der Waals surface area contributed by atoms with E-state index in [-0.39, 0.29) is 18.1 Å². The predicted octanol–water partition coefficient (Wildman–Crippen LogP) is 4.35. The molecule has 34 heavy (non-hydrogen) atoms. The fraction of sp³-hybridized carbons (Fsp3) is 0.125. The van der Waals surface area contributed by atoms with Crippen molar-refractivity contribution in [2.45, 2.75) is 11.7 Å². The highest BCUT2D eigenvalue weighted by atomic mass is 32.2. The Balaban J connectivity index is 1.67. The number of hydrogen-bond acceptors (Lipinski definition) is 6. The number of aromatic nitrogens is 3. The van der Waals surface area contributed by atoms with Gasteiger partial charge in [-0.15, -0.1) is 10.2 Å². The van der Waals surface area contributed by atoms with Crippen LogP contribution in [0, 0.1) is 5.82 Å². The van der Waals surface area contributed by atoms with Gasteiger partial charge in [0.15, 0.2) is 16.8 Å². The Labute approximate surface area is 201 Å². The topological polar surface area (TPSA) is 85.2 Å². The third-order valence-corrected chi connectivity index (χ3v) is 7.01. The molecule has 0 saturated heterocycles. The van der Waals surface area contributed by atoms with E-state index >= 15 is 0 Å². The summed E-state index contributed by atoms with van der Waals surface area (Å²) in [5.41, 5.74) is 1.63. The van der Waals surface area contributed by atoms with Gasteiger partial charge in [-0.1, -0.05) is 60.3 Å². The van der Waals surface area contributed by atoms with Crippen LogP contribution in [0.15, 0.2) is 90.1 Å². The normalized spacial score (nSPS) is 11.4. The van der Waals surface area contributed by atoms with Gasteiger partial charge in [-0.25, -0.2) is 12.8 Å². The zero-order valence-corrected chi connectivity index (χ0v) is 19.8. The molecule has 0 saturated carbocycles. The van der Waals surface area contributed by atoms with Gasteiger partial charge in [0.1, 0.15) is 5.82 Å². The minimum atomic E-state index is -3.71. The smallest absolute Gasteiger partial charge is 0.232 e. The first-order valence-electron chi connectivity index (χ1n) is 10.3. The summed E-state index contributed by atoms with van der Waals surface area (Å²) in [5.74, 6) is -0.0243. The quantitative estimate of drug-likeness (QED) is 0.253. The third kappa shape index (κ3) is 5.52. The van der Waals surface area contributed by atoms with Gasteiger partial charge in [0.05, 0.1) is 24.2 Å². The van der Waals surface area contributed by atoms with Crippen LogP contribution in [0.25, 0.3) is 5.69 Å². The third-order valence-electron chi connectivity index (χ3n) is 4.94. The molecule has 0 spiro atoms. The van der Waals surface area contributed by atoms with Crippen molar-refractivity contribution in [2.24, 2.45) is 0 Å². The van der Waals surface area contributed by atoms with Crippen LogP contribution in [-0.4, -0.2) is 41.0 Å². The minimum Gasteiger partial charge on any atom is -0.293 e. The molecular formula is C24H21FN4O3S2. The van der Waals surface area contributed by atoms with Gasteiger partial charge in [-0.05, 0) is 36.4 Å². The van der Waals surface area contributed by atoms with Crippen molar-refractivity contribution < 1.29 is 17.6 Å². The molecule has 0 unspecified atom stereocenters. The van der Waals surface area contributed by atoms with Crippen molar-refractivity contribution in [3.05, 3.63) is 102 Å². The summed E-state index contributed by atoms with van der Waals surface area (Å²) in [7, 11) is -3.71. The molecule has 0 aliphatic rings. The molecule has 0 aliphatic carbocycles. The lowest BCUT2D eigenvalue weighted by atomic mass is 10.2. The fourth-order valence-corrected chi connectivity index (χ4v) is 5.03. The zero-order valence-electron chi connectivity index (χ0n) is 18.2. The van der Waals surface area contributed by atoms with Crippen LogP contribution >= 0.6 is 11.8 Å². The van der Waals surface area contributed by atoms with E-state index in [1.54, 1.807) is 28.8 Å². The number of Topliss-reactive ketones (excluding diaryl/α,β-unsaturated/α-hetero) is 1. The Hall–Kier alpha value is -3.50. The van der Waals surface area contributed by atoms with Gasteiger partial charge in [0.25, 0.3) is 0 Å². The van der Waals surface area contributed by atoms with E-state index in [1.165, 1.54) is 36.0 Å². The first-order valence-corrected chi connectivity index (χ1v) is 13.1. The Morgan fingerprint density at radius 1 is 0.941 bits per heavy atom. The maximum atomic E-state index is 13.4. The fourth-order valence-electron chi connectivity index (χ4n) is 3.31. The van der Waals surface area contributed by atoms with E-state index in [0.717, 1.165) is 16.2 Å². The summed E-state index contributed by atoms with van der Waals surface area (Å²) in [6.07, 6.45) is 1.08. The van der Waals surface area contributed by atoms with Crippen LogP contribution in [0.3, 0.4) is 0 Å². The summed E-state index contributed by atoms with van der Waals surface area (Å²) >= 11 is 1.22. The number of rotatable bonds is 9. The monoisotopic (exact) mass is 496 g/mol. The van der Waals surface area contributed by atoms with Gasteiger partial charge >= 0.3 is 0 Å². The van der Waals surface area contributed by atoms with Gasteiger partial charge in [0, 0.05) is 11.3 Å². The van der Waals surface area contributed by atoms with Gasteiger partial charge in [-0.3, -0.25) is 13.7 Å². The molecule has 7 nitrogen and oxygen atoms in total. The van der Waals surface area contributed by atoms with Crippen LogP contribution in [0.2, 0.25) is 0 Å². The lowest BCUT2D eigenvalue weighted by Gasteiger charge is -2.22. The maximum absolute atomic E-state index is 13.4. The molecule has 3 aromatic carbocycles. The molecule has 0 amide bonds. The van der Waals surface area contributed by atoms with Crippen LogP contribution in [0.1, 0.15) is 16.2 Å². The Morgan fingerprint density at radius 3 is 2.18 bits per heavy atom. The second-order valence-corrected chi connectivity index (χ2v) is 10.2. The zero-order chi connectivity index (χ0) is 24.1. The molecule has 1 aromatic heterocycles. The number of sulfonamides is 1. The second kappa shape index (κ2) is 10.2. The molecule has 174 valence electrons. The Morgan fingerprint density at radius 2 is 1.56 bits per heavy atom. The highest BCUT2D eigenvalue weighted by Gasteiger charge is 2.23. The van der Waals surface area contributed by atoms with Gasteiger partial charge in [0.2, 0.25) is 10.0 Å². The molecule has 0 fully saturated rings. The molecular weight excluding hydrogens is 475 g/mol. The van der Waals surface area contributed by atoms with E-state index in [1.807, 2.05) is 36.4 Å². The van der Waals surface area contributed by atoms with Crippen molar-refractivity contribution in [2.75, 3.05) is 16.3 Å². The Bertz CT molecular complexity index is 1380. The second-order valence-electron chi connectivity index (χ2n) is 7.39. The molecule has 0 atom stereocenters. The number of anilines is 1. The van der Waals surface area contributed by atoms with Crippen molar-refractivity contribution in [3.63, 3.8) is 0 Å². The van der Waals surface area contributed by atoms with Gasteiger partial charge in [-0.2, -0.15) is 0 Å². The van der Waals surface area contributed by atoms with E-state index < -0.39 is 15.8 Å². The van der Waals surface area contributed by atoms with Crippen molar-refractivity contribution >= 4 is 33.3 Å². The first-order chi connectivity index (χ1) is 16.3. The number of para-hydroxylation sites is 1. The molecule has 10 heteroatoms. The number of halogens is 1.